The first-order valence-electron chi connectivity index (χ1n) is 5.31. The predicted octanol–water partition coefficient (Wildman–Crippen LogP) is 2.23. The number of nitro benzene ring substituents is 1. The van der Waals surface area contributed by atoms with Crippen molar-refractivity contribution in [3.63, 3.8) is 0 Å². The van der Waals surface area contributed by atoms with E-state index in [2.05, 4.69) is 15.3 Å². The molecule has 0 radical (unpaired) electrons. The number of nitrogen functional groups attached to an aromatic ring is 1. The summed E-state index contributed by atoms with van der Waals surface area (Å²) < 4.78 is 0. The Labute approximate surface area is 113 Å². The highest BCUT2D eigenvalue weighted by Gasteiger charge is 2.13. The van der Waals surface area contributed by atoms with E-state index in [4.69, 9.17) is 17.3 Å². The number of nitro groups is 1. The topological polar surface area (TPSA) is 107 Å². The number of benzene rings is 1. The second-order valence-electron chi connectivity index (χ2n) is 3.67. The van der Waals surface area contributed by atoms with E-state index in [1.807, 2.05) is 0 Å². The van der Waals surface area contributed by atoms with Gasteiger partial charge < -0.3 is 11.1 Å². The summed E-state index contributed by atoms with van der Waals surface area (Å²) in [6, 6.07) is 6.43. The van der Waals surface area contributed by atoms with Gasteiger partial charge in [0.15, 0.2) is 11.0 Å². The summed E-state index contributed by atoms with van der Waals surface area (Å²) in [7, 11) is 0. The van der Waals surface area contributed by atoms with E-state index < -0.39 is 4.92 Å². The van der Waals surface area contributed by atoms with Crippen molar-refractivity contribution in [2.24, 2.45) is 0 Å². The van der Waals surface area contributed by atoms with Gasteiger partial charge in [-0.2, -0.15) is 0 Å². The summed E-state index contributed by atoms with van der Waals surface area (Å²) in [6.45, 7) is 0.217. The number of rotatable bonds is 4. The van der Waals surface area contributed by atoms with Crippen molar-refractivity contribution in [1.82, 2.24) is 9.97 Å². The SMILES string of the molecule is Nc1c(Cl)ncnc1NCc1ccccc1[N+](=O)[O-]. The van der Waals surface area contributed by atoms with E-state index in [0.29, 0.717) is 11.4 Å². The minimum Gasteiger partial charge on any atom is -0.393 e. The lowest BCUT2D eigenvalue weighted by molar-refractivity contribution is -0.385. The number of nitrogens with one attached hydrogen (secondary N) is 1. The maximum atomic E-state index is 10.9. The van der Waals surface area contributed by atoms with E-state index in [1.165, 1.54) is 12.4 Å². The Hall–Kier alpha value is -2.41. The molecular weight excluding hydrogens is 270 g/mol. The molecule has 0 saturated carbocycles. The van der Waals surface area contributed by atoms with Gasteiger partial charge >= 0.3 is 0 Å². The highest BCUT2D eigenvalue weighted by Crippen LogP contribution is 2.24. The molecule has 0 bridgehead atoms. The number of nitrogens with two attached hydrogens (primary N) is 1. The standard InChI is InChI=1S/C11H10ClN5O2/c12-10-9(13)11(16-6-15-10)14-5-7-3-1-2-4-8(7)17(18)19/h1-4,6H,5,13H2,(H,14,15,16). The molecule has 19 heavy (non-hydrogen) atoms. The zero-order chi connectivity index (χ0) is 13.8. The molecular formula is C11H10ClN5O2. The van der Waals surface area contributed by atoms with Crippen LogP contribution in [0.3, 0.4) is 0 Å². The Morgan fingerprint density at radius 3 is 2.84 bits per heavy atom. The molecule has 0 spiro atoms. The third-order valence-corrected chi connectivity index (χ3v) is 2.77. The minimum absolute atomic E-state index is 0.0359. The molecule has 1 heterocycles. The molecule has 7 nitrogen and oxygen atoms in total. The van der Waals surface area contributed by atoms with Crippen LogP contribution in [-0.4, -0.2) is 14.9 Å². The van der Waals surface area contributed by atoms with Crippen LogP contribution in [0.1, 0.15) is 5.56 Å². The maximum absolute atomic E-state index is 10.9. The van der Waals surface area contributed by atoms with Gasteiger partial charge in [0.05, 0.1) is 4.92 Å². The summed E-state index contributed by atoms with van der Waals surface area (Å²) >= 11 is 5.75. The Kier molecular flexibility index (Phi) is 3.76. The first-order chi connectivity index (χ1) is 9.09. The van der Waals surface area contributed by atoms with Gasteiger partial charge in [0.2, 0.25) is 0 Å². The number of hydrogen-bond acceptors (Lipinski definition) is 6. The zero-order valence-electron chi connectivity index (χ0n) is 9.71. The number of hydrogen-bond donors (Lipinski definition) is 2. The lowest BCUT2D eigenvalue weighted by Gasteiger charge is -2.08. The van der Waals surface area contributed by atoms with Crippen LogP contribution in [0.5, 0.6) is 0 Å². The fraction of sp³-hybridized carbons (Fsp3) is 0.0909. The smallest absolute Gasteiger partial charge is 0.274 e. The molecule has 2 aromatic rings. The second kappa shape index (κ2) is 5.49. The van der Waals surface area contributed by atoms with Gasteiger partial charge in [0, 0.05) is 18.2 Å². The summed E-state index contributed by atoms with van der Waals surface area (Å²) in [5.74, 6) is 0.346. The van der Waals surface area contributed by atoms with Crippen molar-refractivity contribution < 1.29 is 4.92 Å². The molecule has 2 rings (SSSR count). The Morgan fingerprint density at radius 2 is 2.11 bits per heavy atom. The molecule has 0 fully saturated rings. The highest BCUT2D eigenvalue weighted by molar-refractivity contribution is 6.32. The third kappa shape index (κ3) is 2.89. The second-order valence-corrected chi connectivity index (χ2v) is 4.02. The monoisotopic (exact) mass is 279 g/mol. The quantitative estimate of drug-likeness (QED) is 0.505. The van der Waals surface area contributed by atoms with E-state index in [1.54, 1.807) is 18.2 Å². The molecule has 0 unspecified atom stereocenters. The molecule has 0 aliphatic carbocycles. The van der Waals surface area contributed by atoms with Crippen LogP contribution in [0, 0.1) is 10.1 Å². The van der Waals surface area contributed by atoms with Crippen LogP contribution in [0.4, 0.5) is 17.2 Å². The van der Waals surface area contributed by atoms with Crippen molar-refractivity contribution in [1.29, 1.82) is 0 Å². The maximum Gasteiger partial charge on any atom is 0.274 e. The van der Waals surface area contributed by atoms with E-state index in [9.17, 15) is 10.1 Å². The summed E-state index contributed by atoms with van der Waals surface area (Å²) in [4.78, 5) is 18.1. The van der Waals surface area contributed by atoms with Gasteiger partial charge in [0.25, 0.3) is 5.69 Å². The van der Waals surface area contributed by atoms with Crippen LogP contribution < -0.4 is 11.1 Å². The van der Waals surface area contributed by atoms with Crippen molar-refractivity contribution >= 4 is 28.8 Å². The molecule has 3 N–H and O–H groups in total. The van der Waals surface area contributed by atoms with Gasteiger partial charge in [-0.1, -0.05) is 29.8 Å². The molecule has 0 amide bonds. The zero-order valence-corrected chi connectivity index (χ0v) is 10.5. The fourth-order valence-electron chi connectivity index (χ4n) is 1.53. The largest absolute Gasteiger partial charge is 0.393 e. The summed E-state index contributed by atoms with van der Waals surface area (Å²) in [5, 5.41) is 13.9. The molecule has 0 aliphatic rings. The lowest BCUT2D eigenvalue weighted by Crippen LogP contribution is -2.07. The third-order valence-electron chi connectivity index (χ3n) is 2.47. The Bertz CT molecular complexity index is 620. The molecule has 1 aromatic heterocycles. The van der Waals surface area contributed by atoms with Crippen LogP contribution in [-0.2, 0) is 6.54 Å². The van der Waals surface area contributed by atoms with Crippen molar-refractivity contribution in [2.45, 2.75) is 6.54 Å². The number of anilines is 2. The number of para-hydroxylation sites is 1. The molecule has 0 saturated heterocycles. The molecule has 8 heteroatoms. The molecule has 98 valence electrons. The van der Waals surface area contributed by atoms with Gasteiger partial charge in [-0.05, 0) is 0 Å². The van der Waals surface area contributed by atoms with Crippen molar-refractivity contribution in [2.75, 3.05) is 11.1 Å². The average Bonchev–Trinajstić information content (AvgIpc) is 2.40. The van der Waals surface area contributed by atoms with Crippen LogP contribution >= 0.6 is 11.6 Å². The number of aromatic nitrogens is 2. The summed E-state index contributed by atoms with van der Waals surface area (Å²) in [6.07, 6.45) is 1.26. The normalized spacial score (nSPS) is 10.2. The van der Waals surface area contributed by atoms with Gasteiger partial charge in [0.1, 0.15) is 12.0 Å². The molecule has 0 aliphatic heterocycles. The van der Waals surface area contributed by atoms with Crippen molar-refractivity contribution in [3.05, 3.63) is 51.4 Å². The lowest BCUT2D eigenvalue weighted by atomic mass is 10.2. The highest BCUT2D eigenvalue weighted by atomic mass is 35.5. The van der Waals surface area contributed by atoms with Crippen LogP contribution in [0.25, 0.3) is 0 Å². The fourth-order valence-corrected chi connectivity index (χ4v) is 1.67. The Morgan fingerprint density at radius 1 is 1.37 bits per heavy atom. The van der Waals surface area contributed by atoms with Gasteiger partial charge in [-0.25, -0.2) is 9.97 Å². The van der Waals surface area contributed by atoms with Gasteiger partial charge in [-0.3, -0.25) is 10.1 Å². The molecule has 1 aromatic carbocycles. The van der Waals surface area contributed by atoms with E-state index in [0.717, 1.165) is 0 Å². The first-order valence-corrected chi connectivity index (χ1v) is 5.69. The van der Waals surface area contributed by atoms with Crippen LogP contribution in [0.15, 0.2) is 30.6 Å². The first kappa shape index (κ1) is 13.0. The predicted molar refractivity (Wildman–Crippen MR) is 71.9 cm³/mol. The molecule has 0 atom stereocenters. The van der Waals surface area contributed by atoms with E-state index >= 15 is 0 Å². The number of nitrogens with zero attached hydrogens (tertiary/aromatic N) is 3. The Balaban J connectivity index is 2.19. The van der Waals surface area contributed by atoms with Gasteiger partial charge in [-0.15, -0.1) is 0 Å². The average molecular weight is 280 g/mol. The number of halogens is 1. The summed E-state index contributed by atoms with van der Waals surface area (Å²) in [5.41, 5.74) is 6.47. The van der Waals surface area contributed by atoms with E-state index in [-0.39, 0.29) is 23.1 Å². The van der Waals surface area contributed by atoms with Crippen molar-refractivity contribution in [3.8, 4) is 0 Å². The van der Waals surface area contributed by atoms with Crippen LogP contribution in [0.2, 0.25) is 5.15 Å². The minimum atomic E-state index is -0.437.